The lowest BCUT2D eigenvalue weighted by Crippen LogP contribution is -2.06. The summed E-state index contributed by atoms with van der Waals surface area (Å²) >= 11 is 0. The first-order chi connectivity index (χ1) is 10.4. The Bertz CT molecular complexity index is 307. The van der Waals surface area contributed by atoms with Crippen LogP contribution in [0.15, 0.2) is 30.3 Å². The lowest BCUT2D eigenvalue weighted by molar-refractivity contribution is 0.542. The van der Waals surface area contributed by atoms with Gasteiger partial charge >= 0.3 is 0 Å². The van der Waals surface area contributed by atoms with Crippen LogP contribution in [0, 0.1) is 0 Å². The maximum atomic E-state index is 3.21. The molecule has 120 valence electrons. The molecule has 0 aromatic heterocycles. The van der Waals surface area contributed by atoms with Crippen molar-refractivity contribution in [2.75, 3.05) is 13.6 Å². The Morgan fingerprint density at radius 2 is 1.10 bits per heavy atom. The van der Waals surface area contributed by atoms with E-state index in [-0.39, 0.29) is 0 Å². The quantitative estimate of drug-likeness (QED) is 0.431. The summed E-state index contributed by atoms with van der Waals surface area (Å²) in [5.41, 5.74) is 1.50. The average molecular weight is 290 g/mol. The van der Waals surface area contributed by atoms with Gasteiger partial charge in [0, 0.05) is 0 Å². The molecule has 0 amide bonds. The van der Waals surface area contributed by atoms with Crippen LogP contribution < -0.4 is 5.32 Å². The van der Waals surface area contributed by atoms with Crippen molar-refractivity contribution in [3.63, 3.8) is 0 Å². The average Bonchev–Trinajstić information content (AvgIpc) is 2.53. The molecule has 0 heterocycles. The van der Waals surface area contributed by atoms with E-state index < -0.39 is 0 Å². The van der Waals surface area contributed by atoms with Crippen molar-refractivity contribution >= 4 is 0 Å². The molecule has 1 N–H and O–H groups in total. The van der Waals surface area contributed by atoms with Crippen molar-refractivity contribution in [1.29, 1.82) is 0 Å². The molecule has 1 aromatic carbocycles. The van der Waals surface area contributed by atoms with Crippen LogP contribution in [0.5, 0.6) is 0 Å². The van der Waals surface area contributed by atoms with Gasteiger partial charge in [0.05, 0.1) is 0 Å². The second-order valence-electron chi connectivity index (χ2n) is 6.23. The maximum Gasteiger partial charge on any atom is -0.00519 e. The van der Waals surface area contributed by atoms with E-state index in [2.05, 4.69) is 35.6 Å². The van der Waals surface area contributed by atoms with Gasteiger partial charge in [-0.15, -0.1) is 0 Å². The normalized spacial score (nSPS) is 10.9. The minimum atomic E-state index is 1.18. The van der Waals surface area contributed by atoms with Crippen molar-refractivity contribution in [1.82, 2.24) is 5.32 Å². The smallest absolute Gasteiger partial charge is 0.00519 e. The van der Waals surface area contributed by atoms with E-state index in [1.54, 1.807) is 0 Å². The number of nitrogens with one attached hydrogen (secondary N) is 1. The van der Waals surface area contributed by atoms with E-state index in [4.69, 9.17) is 0 Å². The molecule has 0 aliphatic heterocycles. The summed E-state index contributed by atoms with van der Waals surface area (Å²) in [6.45, 7) is 1.18. The summed E-state index contributed by atoms with van der Waals surface area (Å²) in [6.07, 6.45) is 16.8. The zero-order valence-electron chi connectivity index (χ0n) is 14.1. The Kier molecular flexibility index (Phi) is 12.3. The third kappa shape index (κ3) is 11.5. The minimum absolute atomic E-state index is 1.18. The van der Waals surface area contributed by atoms with Crippen molar-refractivity contribution < 1.29 is 0 Å². The van der Waals surface area contributed by atoms with Gasteiger partial charge in [0.25, 0.3) is 0 Å². The largest absolute Gasteiger partial charge is 0.320 e. The van der Waals surface area contributed by atoms with E-state index in [1.807, 2.05) is 7.05 Å². The van der Waals surface area contributed by atoms with Gasteiger partial charge in [-0.3, -0.25) is 0 Å². The van der Waals surface area contributed by atoms with Crippen molar-refractivity contribution in [2.24, 2.45) is 0 Å². The highest BCUT2D eigenvalue weighted by atomic mass is 14.8. The minimum Gasteiger partial charge on any atom is -0.320 e. The third-order valence-corrected chi connectivity index (χ3v) is 4.24. The Labute approximate surface area is 132 Å². The molecule has 1 rings (SSSR count). The fourth-order valence-electron chi connectivity index (χ4n) is 2.87. The first kappa shape index (κ1) is 18.2. The van der Waals surface area contributed by atoms with E-state index in [1.165, 1.54) is 89.2 Å². The molecule has 0 saturated carbocycles. The van der Waals surface area contributed by atoms with Gasteiger partial charge in [-0.05, 0) is 38.4 Å². The highest BCUT2D eigenvalue weighted by Crippen LogP contribution is 2.12. The van der Waals surface area contributed by atoms with Gasteiger partial charge in [-0.2, -0.15) is 0 Å². The number of hydrogen-bond acceptors (Lipinski definition) is 1. The predicted molar refractivity (Wildman–Crippen MR) is 94.9 cm³/mol. The topological polar surface area (TPSA) is 12.0 Å². The molecule has 0 aliphatic carbocycles. The fourth-order valence-corrected chi connectivity index (χ4v) is 2.87. The summed E-state index contributed by atoms with van der Waals surface area (Å²) in [5.74, 6) is 0. The Morgan fingerprint density at radius 1 is 0.619 bits per heavy atom. The highest BCUT2D eigenvalue weighted by molar-refractivity contribution is 5.14. The summed E-state index contributed by atoms with van der Waals surface area (Å²) in [5, 5.41) is 3.21. The number of hydrogen-bond donors (Lipinski definition) is 1. The van der Waals surface area contributed by atoms with E-state index in [0.717, 1.165) is 0 Å². The molecule has 0 aliphatic rings. The first-order valence-electron chi connectivity index (χ1n) is 9.12. The van der Waals surface area contributed by atoms with Crippen LogP contribution in [0.25, 0.3) is 0 Å². The van der Waals surface area contributed by atoms with Crippen LogP contribution >= 0.6 is 0 Å². The van der Waals surface area contributed by atoms with Crippen LogP contribution in [-0.2, 0) is 6.42 Å². The Hall–Kier alpha value is -0.820. The molecule has 0 unspecified atom stereocenters. The zero-order chi connectivity index (χ0) is 15.0. The monoisotopic (exact) mass is 289 g/mol. The lowest BCUT2D eigenvalue weighted by atomic mass is 10.0. The van der Waals surface area contributed by atoms with Crippen LogP contribution in [-0.4, -0.2) is 13.6 Å². The molecule has 0 radical (unpaired) electrons. The summed E-state index contributed by atoms with van der Waals surface area (Å²) in [7, 11) is 2.04. The Balaban J connectivity index is 1.75. The molecule has 1 heteroatoms. The SMILES string of the molecule is CNCCCCCCCCCCCCCc1ccccc1. The highest BCUT2D eigenvalue weighted by Gasteiger charge is 1.95. The third-order valence-electron chi connectivity index (χ3n) is 4.24. The molecular formula is C20H35N. The molecule has 1 aromatic rings. The van der Waals surface area contributed by atoms with Crippen molar-refractivity contribution in [2.45, 2.75) is 77.0 Å². The molecule has 0 saturated heterocycles. The first-order valence-corrected chi connectivity index (χ1v) is 9.12. The van der Waals surface area contributed by atoms with E-state index in [9.17, 15) is 0 Å². The number of benzene rings is 1. The molecule has 1 nitrogen and oxygen atoms in total. The maximum absolute atomic E-state index is 3.21. The van der Waals surface area contributed by atoms with Gasteiger partial charge in [0.15, 0.2) is 0 Å². The van der Waals surface area contributed by atoms with Gasteiger partial charge in [0.1, 0.15) is 0 Å². The molecule has 0 spiro atoms. The molecular weight excluding hydrogens is 254 g/mol. The summed E-state index contributed by atoms with van der Waals surface area (Å²) in [6, 6.07) is 10.9. The second kappa shape index (κ2) is 14.1. The molecule has 21 heavy (non-hydrogen) atoms. The van der Waals surface area contributed by atoms with Crippen molar-refractivity contribution in [3.05, 3.63) is 35.9 Å². The van der Waals surface area contributed by atoms with E-state index in [0.29, 0.717) is 0 Å². The summed E-state index contributed by atoms with van der Waals surface area (Å²) in [4.78, 5) is 0. The van der Waals surface area contributed by atoms with Crippen LogP contribution in [0.1, 0.15) is 76.2 Å². The van der Waals surface area contributed by atoms with Gasteiger partial charge in [0.2, 0.25) is 0 Å². The standard InChI is InChI=1S/C20H35N/c1-21-19-15-10-8-6-4-2-3-5-7-9-12-16-20-17-13-11-14-18-20/h11,13-14,17-18,21H,2-10,12,15-16,19H2,1H3. The van der Waals surface area contributed by atoms with Crippen LogP contribution in [0.2, 0.25) is 0 Å². The summed E-state index contributed by atoms with van der Waals surface area (Å²) < 4.78 is 0. The molecule has 0 fully saturated rings. The fraction of sp³-hybridized carbons (Fsp3) is 0.700. The lowest BCUT2D eigenvalue weighted by Gasteiger charge is -2.03. The zero-order valence-corrected chi connectivity index (χ0v) is 14.1. The van der Waals surface area contributed by atoms with Crippen LogP contribution in [0.3, 0.4) is 0 Å². The Morgan fingerprint density at radius 3 is 1.62 bits per heavy atom. The van der Waals surface area contributed by atoms with Gasteiger partial charge in [-0.25, -0.2) is 0 Å². The van der Waals surface area contributed by atoms with Crippen LogP contribution in [0.4, 0.5) is 0 Å². The second-order valence-corrected chi connectivity index (χ2v) is 6.23. The predicted octanol–water partition coefficient (Wildman–Crippen LogP) is 5.74. The number of unbranched alkanes of at least 4 members (excludes halogenated alkanes) is 10. The van der Waals surface area contributed by atoms with E-state index >= 15 is 0 Å². The number of aryl methyl sites for hydroxylation is 1. The number of rotatable bonds is 14. The van der Waals surface area contributed by atoms with Gasteiger partial charge < -0.3 is 5.32 Å². The van der Waals surface area contributed by atoms with Gasteiger partial charge in [-0.1, -0.05) is 88.1 Å². The molecule has 0 bridgehead atoms. The van der Waals surface area contributed by atoms with Crippen molar-refractivity contribution in [3.8, 4) is 0 Å². The molecule has 0 atom stereocenters.